The molecule has 39 heavy (non-hydrogen) atoms. The lowest BCUT2D eigenvalue weighted by atomic mass is 9.83. The lowest BCUT2D eigenvalue weighted by Crippen LogP contribution is -2.52. The average molecular weight is 537 g/mol. The number of nitrogens with one attached hydrogen (secondary N) is 1. The number of likely N-dealkylation sites (tertiary alicyclic amines) is 1. The number of para-hydroxylation sites is 1. The standard InChI is InChI=1S/C29H40N6O4/c1-38-27-13-4-3-9-21(27)10-7-16-34-19-23(35-20-24(31-32-35)29(37)39-2)17-26(34)28(36)30-18-22-11-8-15-33-14-6-5-12-25(22)33/h3-4,7,9-10,13,20,22-23,25-26H,5-6,8,11-12,14-19H2,1-2H3,(H,30,36)/b10-7+/t22-,23-,25+,26-/m0/s1. The number of benzene rings is 1. The van der Waals surface area contributed by atoms with E-state index < -0.39 is 5.97 Å². The number of nitrogens with zero attached hydrogens (tertiary/aromatic N) is 5. The molecule has 0 unspecified atom stereocenters. The normalized spacial score (nSPS) is 25.9. The van der Waals surface area contributed by atoms with Gasteiger partial charge in [0.05, 0.1) is 32.5 Å². The molecule has 1 aromatic heterocycles. The molecule has 3 aliphatic rings. The van der Waals surface area contributed by atoms with Crippen LogP contribution in [-0.4, -0.2) is 95.7 Å². The molecular formula is C29H40N6O4. The van der Waals surface area contributed by atoms with Gasteiger partial charge in [0.2, 0.25) is 5.91 Å². The molecular weight excluding hydrogens is 496 g/mol. The first-order valence-electron chi connectivity index (χ1n) is 14.1. The minimum absolute atomic E-state index is 0.0597. The maximum atomic E-state index is 13.6. The lowest BCUT2D eigenvalue weighted by molar-refractivity contribution is -0.125. The molecule has 1 N–H and O–H groups in total. The number of methoxy groups -OCH3 is 2. The third-order valence-electron chi connectivity index (χ3n) is 8.51. The number of ether oxygens (including phenoxy) is 2. The third-order valence-corrected chi connectivity index (χ3v) is 8.51. The Bertz CT molecular complexity index is 1160. The molecule has 1 amide bonds. The van der Waals surface area contributed by atoms with E-state index in [1.807, 2.05) is 30.3 Å². The molecule has 4 atom stereocenters. The van der Waals surface area contributed by atoms with Crippen molar-refractivity contribution in [3.8, 4) is 5.75 Å². The summed E-state index contributed by atoms with van der Waals surface area (Å²) in [6.45, 7) is 4.33. The van der Waals surface area contributed by atoms with Crippen LogP contribution in [0.3, 0.4) is 0 Å². The first-order chi connectivity index (χ1) is 19.1. The lowest BCUT2D eigenvalue weighted by Gasteiger charge is -2.44. The molecule has 3 fully saturated rings. The van der Waals surface area contributed by atoms with Crippen molar-refractivity contribution < 1.29 is 19.1 Å². The Morgan fingerprint density at radius 3 is 2.82 bits per heavy atom. The number of aromatic nitrogens is 3. The first-order valence-corrected chi connectivity index (χ1v) is 14.1. The van der Waals surface area contributed by atoms with Crippen molar-refractivity contribution in [2.24, 2.45) is 5.92 Å². The highest BCUT2D eigenvalue weighted by Gasteiger charge is 2.39. The van der Waals surface area contributed by atoms with Crippen molar-refractivity contribution in [2.45, 2.75) is 56.7 Å². The smallest absolute Gasteiger partial charge is 0.360 e. The number of amides is 1. The predicted molar refractivity (Wildman–Crippen MR) is 147 cm³/mol. The quantitative estimate of drug-likeness (QED) is 0.489. The summed E-state index contributed by atoms with van der Waals surface area (Å²) in [5.74, 6) is 0.861. The number of piperidine rings is 2. The van der Waals surface area contributed by atoms with Crippen LogP contribution in [0.25, 0.3) is 6.08 Å². The zero-order valence-corrected chi connectivity index (χ0v) is 23.0. The second-order valence-corrected chi connectivity index (χ2v) is 10.8. The molecule has 0 bridgehead atoms. The van der Waals surface area contributed by atoms with Crippen LogP contribution >= 0.6 is 0 Å². The van der Waals surface area contributed by atoms with E-state index in [1.54, 1.807) is 18.0 Å². The zero-order chi connectivity index (χ0) is 27.2. The minimum Gasteiger partial charge on any atom is -0.496 e. The molecule has 10 heteroatoms. The SMILES string of the molecule is COC(=O)c1cn([C@H]2C[C@@H](C(=O)NC[C@@H]3CCCN4CCCC[C@H]34)N(C/C=C/c3ccccc3OC)C2)nn1. The Morgan fingerprint density at radius 1 is 1.13 bits per heavy atom. The maximum absolute atomic E-state index is 13.6. The van der Waals surface area contributed by atoms with Gasteiger partial charge in [-0.1, -0.05) is 42.0 Å². The van der Waals surface area contributed by atoms with Crippen LogP contribution in [-0.2, 0) is 9.53 Å². The monoisotopic (exact) mass is 536 g/mol. The minimum atomic E-state index is -0.519. The van der Waals surface area contributed by atoms with Crippen molar-refractivity contribution in [1.29, 1.82) is 0 Å². The van der Waals surface area contributed by atoms with Crippen LogP contribution < -0.4 is 10.1 Å². The fourth-order valence-corrected chi connectivity index (χ4v) is 6.48. The van der Waals surface area contributed by atoms with Gasteiger partial charge >= 0.3 is 5.97 Å². The van der Waals surface area contributed by atoms with E-state index in [2.05, 4.69) is 31.5 Å². The number of hydrogen-bond donors (Lipinski definition) is 1. The zero-order valence-electron chi connectivity index (χ0n) is 23.0. The van der Waals surface area contributed by atoms with Crippen LogP contribution in [0.4, 0.5) is 0 Å². The highest BCUT2D eigenvalue weighted by atomic mass is 16.5. The average Bonchev–Trinajstić information content (AvgIpc) is 3.64. The van der Waals surface area contributed by atoms with Crippen molar-refractivity contribution in [1.82, 2.24) is 30.1 Å². The molecule has 210 valence electrons. The summed E-state index contributed by atoms with van der Waals surface area (Å²) in [6.07, 6.45) is 12.5. The van der Waals surface area contributed by atoms with Gasteiger partial charge in [0.15, 0.2) is 5.69 Å². The summed E-state index contributed by atoms with van der Waals surface area (Å²) in [7, 11) is 2.99. The summed E-state index contributed by atoms with van der Waals surface area (Å²) >= 11 is 0. The molecule has 0 spiro atoms. The van der Waals surface area contributed by atoms with Crippen LogP contribution in [0.15, 0.2) is 36.5 Å². The van der Waals surface area contributed by atoms with E-state index in [0.29, 0.717) is 31.5 Å². The highest BCUT2D eigenvalue weighted by Crippen LogP contribution is 2.31. The molecule has 1 aromatic carbocycles. The van der Waals surface area contributed by atoms with Crippen molar-refractivity contribution >= 4 is 18.0 Å². The Balaban J connectivity index is 1.27. The van der Waals surface area contributed by atoms with Gasteiger partial charge in [0, 0.05) is 31.2 Å². The van der Waals surface area contributed by atoms with E-state index in [4.69, 9.17) is 9.47 Å². The topological polar surface area (TPSA) is 102 Å². The first kappa shape index (κ1) is 27.3. The predicted octanol–water partition coefficient (Wildman–Crippen LogP) is 2.78. The molecule has 0 radical (unpaired) electrons. The Kier molecular flexibility index (Phi) is 8.93. The number of rotatable bonds is 9. The Labute approximate surface area is 230 Å². The molecule has 0 aliphatic carbocycles. The number of carbonyl (C=O) groups excluding carboxylic acids is 2. The van der Waals surface area contributed by atoms with Gasteiger partial charge in [-0.25, -0.2) is 9.48 Å². The van der Waals surface area contributed by atoms with Crippen molar-refractivity contribution in [3.05, 3.63) is 47.8 Å². The van der Waals surface area contributed by atoms with Gasteiger partial charge in [-0.2, -0.15) is 0 Å². The third kappa shape index (κ3) is 6.33. The second kappa shape index (κ2) is 12.7. The van der Waals surface area contributed by atoms with E-state index in [-0.39, 0.29) is 23.7 Å². The number of esters is 1. The van der Waals surface area contributed by atoms with Gasteiger partial charge in [0.25, 0.3) is 0 Å². The molecule has 0 saturated carbocycles. The second-order valence-electron chi connectivity index (χ2n) is 10.8. The molecule has 2 aromatic rings. The van der Waals surface area contributed by atoms with Gasteiger partial charge in [-0.3, -0.25) is 9.69 Å². The summed E-state index contributed by atoms with van der Waals surface area (Å²) < 4.78 is 11.9. The van der Waals surface area contributed by atoms with E-state index in [9.17, 15) is 9.59 Å². The van der Waals surface area contributed by atoms with Crippen LogP contribution in [0, 0.1) is 5.92 Å². The van der Waals surface area contributed by atoms with Crippen LogP contribution in [0.2, 0.25) is 0 Å². The molecule has 10 nitrogen and oxygen atoms in total. The van der Waals surface area contributed by atoms with Gasteiger partial charge in [-0.05, 0) is 57.2 Å². The van der Waals surface area contributed by atoms with Crippen LogP contribution in [0.1, 0.15) is 60.6 Å². The summed E-state index contributed by atoms with van der Waals surface area (Å²) in [4.78, 5) is 30.3. The molecule has 3 saturated heterocycles. The maximum Gasteiger partial charge on any atom is 0.360 e. The van der Waals surface area contributed by atoms with Gasteiger partial charge < -0.3 is 19.7 Å². The Morgan fingerprint density at radius 2 is 1.97 bits per heavy atom. The van der Waals surface area contributed by atoms with Gasteiger partial charge in [-0.15, -0.1) is 5.10 Å². The largest absolute Gasteiger partial charge is 0.496 e. The molecule has 5 rings (SSSR count). The van der Waals surface area contributed by atoms with Crippen molar-refractivity contribution in [3.63, 3.8) is 0 Å². The van der Waals surface area contributed by atoms with E-state index in [1.165, 1.54) is 52.3 Å². The number of hydrogen-bond acceptors (Lipinski definition) is 8. The number of carbonyl (C=O) groups is 2. The van der Waals surface area contributed by atoms with Crippen molar-refractivity contribution in [2.75, 3.05) is 46.9 Å². The van der Waals surface area contributed by atoms with E-state index >= 15 is 0 Å². The molecule has 4 heterocycles. The van der Waals surface area contributed by atoms with E-state index in [0.717, 1.165) is 17.9 Å². The summed E-state index contributed by atoms with van der Waals surface area (Å²) in [5.41, 5.74) is 1.16. The van der Waals surface area contributed by atoms with Crippen LogP contribution in [0.5, 0.6) is 5.75 Å². The fraction of sp³-hybridized carbons (Fsp3) is 0.586. The fourth-order valence-electron chi connectivity index (χ4n) is 6.48. The Hall–Kier alpha value is -3.24. The molecule has 3 aliphatic heterocycles. The summed E-state index contributed by atoms with van der Waals surface area (Å²) in [5, 5.41) is 11.5. The summed E-state index contributed by atoms with van der Waals surface area (Å²) in [6, 6.07) is 8.09. The number of fused-ring (bicyclic) bond motifs is 1. The highest BCUT2D eigenvalue weighted by molar-refractivity contribution is 5.86. The van der Waals surface area contributed by atoms with Gasteiger partial charge in [0.1, 0.15) is 5.75 Å².